The maximum Gasteiger partial charge on any atom is 0.257 e. The maximum absolute atomic E-state index is 13.3. The van der Waals surface area contributed by atoms with Crippen molar-refractivity contribution in [1.82, 2.24) is 24.8 Å². The van der Waals surface area contributed by atoms with Gasteiger partial charge in [-0.3, -0.25) is 9.69 Å². The van der Waals surface area contributed by atoms with Crippen molar-refractivity contribution in [2.24, 2.45) is 0 Å². The summed E-state index contributed by atoms with van der Waals surface area (Å²) in [6, 6.07) is 7.19. The molecule has 35 heavy (non-hydrogen) atoms. The van der Waals surface area contributed by atoms with Crippen LogP contribution in [0.4, 0.5) is 5.82 Å². The van der Waals surface area contributed by atoms with E-state index in [9.17, 15) is 4.79 Å². The van der Waals surface area contributed by atoms with Gasteiger partial charge in [-0.2, -0.15) is 0 Å². The van der Waals surface area contributed by atoms with Gasteiger partial charge in [-0.25, -0.2) is 9.97 Å². The zero-order chi connectivity index (χ0) is 23.8. The third-order valence-corrected chi connectivity index (χ3v) is 6.32. The van der Waals surface area contributed by atoms with Crippen molar-refractivity contribution in [3.63, 3.8) is 0 Å². The molecular weight excluding hydrogens is 452 g/mol. The number of nitrogens with zero attached hydrogens (tertiary/aromatic N) is 4. The third-order valence-electron chi connectivity index (χ3n) is 6.32. The Hall–Kier alpha value is -3.83. The zero-order valence-electron chi connectivity index (χ0n) is 19.2. The van der Waals surface area contributed by atoms with E-state index in [-0.39, 0.29) is 12.5 Å². The number of benzene rings is 1. The Bertz CT molecular complexity index is 1380. The van der Waals surface area contributed by atoms with Crippen LogP contribution in [0.1, 0.15) is 16.1 Å². The van der Waals surface area contributed by atoms with Crippen LogP contribution in [0.3, 0.4) is 0 Å². The Morgan fingerprint density at radius 1 is 1.03 bits per heavy atom. The number of nitrogens with one attached hydrogen (secondary N) is 1. The van der Waals surface area contributed by atoms with Gasteiger partial charge < -0.3 is 34.2 Å². The van der Waals surface area contributed by atoms with Crippen LogP contribution in [-0.2, 0) is 17.8 Å². The molecular formula is C24H26N6O5. The molecule has 182 valence electrons. The Labute approximate surface area is 200 Å². The summed E-state index contributed by atoms with van der Waals surface area (Å²) in [4.78, 5) is 25.3. The largest absolute Gasteiger partial charge is 0.486 e. The predicted octanol–water partition coefficient (Wildman–Crippen LogP) is 1.79. The second-order valence-corrected chi connectivity index (χ2v) is 8.51. The molecule has 3 N–H and O–H groups in total. The first-order valence-corrected chi connectivity index (χ1v) is 11.7. The molecule has 0 spiro atoms. The van der Waals surface area contributed by atoms with Crippen LogP contribution in [0.15, 0.2) is 34.9 Å². The second kappa shape index (κ2) is 9.08. The number of ether oxygens (including phenoxy) is 3. The molecule has 2 aliphatic rings. The van der Waals surface area contributed by atoms with Gasteiger partial charge in [0.15, 0.2) is 17.1 Å². The fourth-order valence-electron chi connectivity index (χ4n) is 4.50. The number of amides is 1. The number of rotatable bonds is 6. The number of nitrogens with two attached hydrogens (primary N) is 1. The van der Waals surface area contributed by atoms with Crippen molar-refractivity contribution in [3.05, 3.63) is 41.9 Å². The quantitative estimate of drug-likeness (QED) is 0.426. The van der Waals surface area contributed by atoms with Crippen LogP contribution in [0.25, 0.3) is 22.2 Å². The first kappa shape index (κ1) is 21.7. The summed E-state index contributed by atoms with van der Waals surface area (Å²) in [6.07, 6.45) is 1.57. The van der Waals surface area contributed by atoms with Gasteiger partial charge in [0.25, 0.3) is 5.91 Å². The van der Waals surface area contributed by atoms with Crippen LogP contribution < -0.4 is 20.5 Å². The van der Waals surface area contributed by atoms with Gasteiger partial charge in [0.1, 0.15) is 35.9 Å². The summed E-state index contributed by atoms with van der Waals surface area (Å²) in [7, 11) is 0. The molecule has 2 aliphatic heterocycles. The lowest BCUT2D eigenvalue weighted by molar-refractivity contribution is 0.0366. The van der Waals surface area contributed by atoms with Crippen LogP contribution in [0.2, 0.25) is 0 Å². The van der Waals surface area contributed by atoms with Gasteiger partial charge in [0.05, 0.1) is 37.1 Å². The number of hydrogen-bond acceptors (Lipinski definition) is 9. The van der Waals surface area contributed by atoms with Gasteiger partial charge in [0.2, 0.25) is 0 Å². The highest BCUT2D eigenvalue weighted by Gasteiger charge is 2.25. The summed E-state index contributed by atoms with van der Waals surface area (Å²) in [5, 5.41) is 2.89. The molecule has 1 fully saturated rings. The van der Waals surface area contributed by atoms with Crippen molar-refractivity contribution in [2.45, 2.75) is 13.1 Å². The second-order valence-electron chi connectivity index (χ2n) is 8.51. The molecule has 1 amide bonds. The molecule has 3 aromatic heterocycles. The monoisotopic (exact) mass is 478 g/mol. The first-order chi connectivity index (χ1) is 17.2. The highest BCUT2D eigenvalue weighted by molar-refractivity contribution is 6.10. The summed E-state index contributed by atoms with van der Waals surface area (Å²) in [5.41, 5.74) is 9.14. The van der Waals surface area contributed by atoms with E-state index in [1.165, 1.54) is 0 Å². The van der Waals surface area contributed by atoms with Gasteiger partial charge in [-0.1, -0.05) is 0 Å². The first-order valence-electron chi connectivity index (χ1n) is 11.7. The lowest BCUT2D eigenvalue weighted by Gasteiger charge is -2.26. The molecule has 0 atom stereocenters. The number of furan rings is 1. The average Bonchev–Trinajstić information content (AvgIpc) is 3.49. The highest BCUT2D eigenvalue weighted by Crippen LogP contribution is 2.35. The minimum atomic E-state index is -0.333. The predicted molar refractivity (Wildman–Crippen MR) is 128 cm³/mol. The molecule has 5 heterocycles. The van der Waals surface area contributed by atoms with Gasteiger partial charge in [-0.15, -0.1) is 0 Å². The van der Waals surface area contributed by atoms with E-state index in [4.69, 9.17) is 34.3 Å². The summed E-state index contributed by atoms with van der Waals surface area (Å²) >= 11 is 0. The lowest BCUT2D eigenvalue weighted by atomic mass is 10.2. The van der Waals surface area contributed by atoms with Crippen molar-refractivity contribution in [1.29, 1.82) is 0 Å². The number of carbonyl (C=O) groups is 1. The molecule has 4 aromatic rings. The molecule has 1 aromatic carbocycles. The van der Waals surface area contributed by atoms with Crippen molar-refractivity contribution >= 4 is 33.9 Å². The minimum Gasteiger partial charge on any atom is -0.486 e. The number of morpholine rings is 1. The van der Waals surface area contributed by atoms with E-state index in [1.807, 2.05) is 10.6 Å². The average molecular weight is 479 g/mol. The minimum absolute atomic E-state index is 0.241. The van der Waals surface area contributed by atoms with Crippen molar-refractivity contribution < 1.29 is 23.4 Å². The topological polar surface area (TPSA) is 130 Å². The molecule has 11 heteroatoms. The van der Waals surface area contributed by atoms with Crippen molar-refractivity contribution in [3.8, 4) is 11.5 Å². The summed E-state index contributed by atoms with van der Waals surface area (Å²) < 4.78 is 24.1. The normalized spacial score (nSPS) is 16.1. The van der Waals surface area contributed by atoms with Crippen LogP contribution in [0, 0.1) is 0 Å². The molecule has 6 rings (SSSR count). The third kappa shape index (κ3) is 4.13. The van der Waals surface area contributed by atoms with E-state index in [0.717, 1.165) is 19.6 Å². The van der Waals surface area contributed by atoms with E-state index in [0.29, 0.717) is 83.8 Å². The van der Waals surface area contributed by atoms with Crippen LogP contribution in [-0.4, -0.2) is 71.4 Å². The maximum atomic E-state index is 13.3. The molecule has 0 radical (unpaired) electrons. The SMILES string of the molecule is Nc1c(C(=O)NCc2ccco2)c2nc3cc4c(cc3nc2n1CCN1CCOCC1)OCCO4. The number of anilines is 1. The van der Waals surface area contributed by atoms with Crippen LogP contribution >= 0.6 is 0 Å². The number of fused-ring (bicyclic) bond motifs is 3. The fourth-order valence-corrected chi connectivity index (χ4v) is 4.50. The van der Waals surface area contributed by atoms with Gasteiger partial charge in [-0.05, 0) is 12.1 Å². The Kier molecular flexibility index (Phi) is 5.63. The van der Waals surface area contributed by atoms with E-state index >= 15 is 0 Å². The number of hydrogen-bond donors (Lipinski definition) is 2. The standard InChI is InChI=1S/C24H26N6O5/c25-22-20(24(31)26-14-15-2-1-7-33-15)21-23(30(22)4-3-29-5-8-32-9-6-29)28-17-13-19-18(12-16(17)27-21)34-10-11-35-19/h1-2,7,12-13H,3-6,8-11,14,25H2,(H,26,31). The zero-order valence-corrected chi connectivity index (χ0v) is 19.2. The number of carbonyl (C=O) groups excluding carboxylic acids is 1. The van der Waals surface area contributed by atoms with Gasteiger partial charge >= 0.3 is 0 Å². The molecule has 0 aliphatic carbocycles. The summed E-state index contributed by atoms with van der Waals surface area (Å²) in [5.74, 6) is 1.89. The lowest BCUT2D eigenvalue weighted by Crippen LogP contribution is -2.38. The smallest absolute Gasteiger partial charge is 0.257 e. The fraction of sp³-hybridized carbons (Fsp3) is 0.375. The Balaban J connectivity index is 1.41. The Morgan fingerprint density at radius 2 is 1.77 bits per heavy atom. The number of nitrogen functional groups attached to an aromatic ring is 1. The highest BCUT2D eigenvalue weighted by atomic mass is 16.6. The van der Waals surface area contributed by atoms with Crippen molar-refractivity contribution in [2.75, 3.05) is 51.8 Å². The molecule has 0 unspecified atom stereocenters. The number of aromatic nitrogens is 3. The van der Waals surface area contributed by atoms with Gasteiger partial charge in [0, 0.05) is 38.3 Å². The molecule has 1 saturated heterocycles. The molecule has 0 saturated carbocycles. The van der Waals surface area contributed by atoms with E-state index in [1.54, 1.807) is 24.5 Å². The Morgan fingerprint density at radius 3 is 2.49 bits per heavy atom. The van der Waals surface area contributed by atoms with E-state index in [2.05, 4.69) is 10.2 Å². The summed E-state index contributed by atoms with van der Waals surface area (Å²) in [6.45, 7) is 5.65. The van der Waals surface area contributed by atoms with Crippen LogP contribution in [0.5, 0.6) is 11.5 Å². The molecule has 0 bridgehead atoms. The molecule has 11 nitrogen and oxygen atoms in total. The van der Waals surface area contributed by atoms with E-state index < -0.39 is 0 Å².